The van der Waals surface area contributed by atoms with Crippen molar-refractivity contribution < 1.29 is 0 Å². The summed E-state index contributed by atoms with van der Waals surface area (Å²) >= 11 is 0. The molecule has 0 aliphatic carbocycles. The fourth-order valence-electron chi connectivity index (χ4n) is 2.17. The van der Waals surface area contributed by atoms with Crippen molar-refractivity contribution in [1.29, 1.82) is 0 Å². The first kappa shape index (κ1) is 10.6. The van der Waals surface area contributed by atoms with Crippen LogP contribution in [-0.4, -0.2) is 27.9 Å². The van der Waals surface area contributed by atoms with Gasteiger partial charge in [0.2, 0.25) is 0 Å². The lowest BCUT2D eigenvalue weighted by atomic mass is 9.94. The molecule has 0 spiro atoms. The normalized spacial score (nSPS) is 21.9. The third-order valence-corrected chi connectivity index (χ3v) is 3.36. The molecule has 1 fully saturated rings. The van der Waals surface area contributed by atoms with E-state index in [9.17, 15) is 0 Å². The number of piperidine rings is 1. The van der Waals surface area contributed by atoms with Crippen LogP contribution < -0.4 is 5.32 Å². The van der Waals surface area contributed by atoms with E-state index in [1.165, 1.54) is 32.4 Å². The Balaban J connectivity index is 1.84. The minimum Gasteiger partial charge on any atom is -0.318 e. The van der Waals surface area contributed by atoms with Gasteiger partial charge in [0.1, 0.15) is 11.6 Å². The van der Waals surface area contributed by atoms with Gasteiger partial charge in [-0.05, 0) is 45.2 Å². The summed E-state index contributed by atoms with van der Waals surface area (Å²) in [4.78, 5) is 0. The average molecular weight is 208 g/mol. The number of nitrogens with one attached hydrogen (secondary N) is 1. The highest BCUT2D eigenvalue weighted by molar-refractivity contribution is 4.93. The molecule has 1 saturated heterocycles. The second-order valence-corrected chi connectivity index (χ2v) is 4.47. The number of hydrogen-bond acceptors (Lipinski definition) is 3. The Labute approximate surface area is 91.1 Å². The Morgan fingerprint density at radius 2 is 2.33 bits per heavy atom. The number of aryl methyl sites for hydroxylation is 2. The van der Waals surface area contributed by atoms with Gasteiger partial charge in [-0.15, -0.1) is 10.2 Å². The van der Waals surface area contributed by atoms with Crippen LogP contribution in [0.4, 0.5) is 0 Å². The smallest absolute Gasteiger partial charge is 0.132 e. The van der Waals surface area contributed by atoms with E-state index in [1.54, 1.807) is 0 Å². The van der Waals surface area contributed by atoms with E-state index in [0.717, 1.165) is 24.0 Å². The average Bonchev–Trinajstić information content (AvgIpc) is 2.59. The molecule has 0 radical (unpaired) electrons. The number of nitrogens with zero attached hydrogens (tertiary/aromatic N) is 3. The SMILES string of the molecule is Cc1nnc(CCC2CCCNC2)n1C. The molecule has 2 heterocycles. The van der Waals surface area contributed by atoms with Crippen LogP contribution in [-0.2, 0) is 13.5 Å². The molecule has 4 heteroatoms. The molecule has 1 N–H and O–H groups in total. The highest BCUT2D eigenvalue weighted by atomic mass is 15.3. The van der Waals surface area contributed by atoms with Gasteiger partial charge in [0, 0.05) is 13.5 Å². The molecule has 1 aromatic heterocycles. The van der Waals surface area contributed by atoms with Crippen LogP contribution in [0.25, 0.3) is 0 Å². The van der Waals surface area contributed by atoms with E-state index in [1.807, 2.05) is 14.0 Å². The Kier molecular flexibility index (Phi) is 3.36. The first-order chi connectivity index (χ1) is 7.27. The van der Waals surface area contributed by atoms with Crippen molar-refractivity contribution in [3.63, 3.8) is 0 Å². The second kappa shape index (κ2) is 4.75. The summed E-state index contributed by atoms with van der Waals surface area (Å²) < 4.78 is 2.09. The molecule has 0 bridgehead atoms. The second-order valence-electron chi connectivity index (χ2n) is 4.47. The van der Waals surface area contributed by atoms with Gasteiger partial charge in [-0.25, -0.2) is 0 Å². The van der Waals surface area contributed by atoms with Crippen molar-refractivity contribution in [2.24, 2.45) is 13.0 Å². The van der Waals surface area contributed by atoms with Crippen LogP contribution in [0.5, 0.6) is 0 Å². The van der Waals surface area contributed by atoms with Crippen molar-refractivity contribution in [2.75, 3.05) is 13.1 Å². The zero-order chi connectivity index (χ0) is 10.7. The van der Waals surface area contributed by atoms with Crippen LogP contribution in [0.3, 0.4) is 0 Å². The van der Waals surface area contributed by atoms with Crippen molar-refractivity contribution >= 4 is 0 Å². The Bertz CT molecular complexity index is 312. The number of aromatic nitrogens is 3. The highest BCUT2D eigenvalue weighted by Gasteiger charge is 2.14. The van der Waals surface area contributed by atoms with Crippen molar-refractivity contribution in [2.45, 2.75) is 32.6 Å². The minimum absolute atomic E-state index is 0.829. The third-order valence-electron chi connectivity index (χ3n) is 3.36. The van der Waals surface area contributed by atoms with E-state index in [2.05, 4.69) is 20.1 Å². The molecule has 1 unspecified atom stereocenters. The predicted octanol–water partition coefficient (Wildman–Crippen LogP) is 1.06. The molecule has 2 rings (SSSR count). The number of hydrogen-bond donors (Lipinski definition) is 1. The van der Waals surface area contributed by atoms with Crippen LogP contribution in [0.1, 0.15) is 30.9 Å². The Morgan fingerprint density at radius 3 is 2.93 bits per heavy atom. The summed E-state index contributed by atoms with van der Waals surface area (Å²) in [5.74, 6) is 2.96. The van der Waals surface area contributed by atoms with Gasteiger partial charge in [0.25, 0.3) is 0 Å². The topological polar surface area (TPSA) is 42.7 Å². The van der Waals surface area contributed by atoms with Crippen molar-refractivity contribution in [3.8, 4) is 0 Å². The number of rotatable bonds is 3. The molecule has 1 aliphatic heterocycles. The molecule has 4 nitrogen and oxygen atoms in total. The first-order valence-corrected chi connectivity index (χ1v) is 5.83. The Hall–Kier alpha value is -0.900. The van der Waals surface area contributed by atoms with Gasteiger partial charge in [-0.2, -0.15) is 0 Å². The van der Waals surface area contributed by atoms with Gasteiger partial charge in [-0.3, -0.25) is 0 Å². The molecular formula is C11H20N4. The summed E-state index contributed by atoms with van der Waals surface area (Å²) in [6.45, 7) is 4.37. The standard InChI is InChI=1S/C11H20N4/c1-9-13-14-11(15(9)2)6-5-10-4-3-7-12-8-10/h10,12H,3-8H2,1-2H3. The summed E-state index contributed by atoms with van der Waals surface area (Å²) in [7, 11) is 2.05. The summed E-state index contributed by atoms with van der Waals surface area (Å²) in [5.41, 5.74) is 0. The Morgan fingerprint density at radius 1 is 1.47 bits per heavy atom. The third kappa shape index (κ3) is 2.56. The van der Waals surface area contributed by atoms with E-state index in [4.69, 9.17) is 0 Å². The van der Waals surface area contributed by atoms with Crippen molar-refractivity contribution in [1.82, 2.24) is 20.1 Å². The molecule has 15 heavy (non-hydrogen) atoms. The predicted molar refractivity (Wildman–Crippen MR) is 59.7 cm³/mol. The summed E-state index contributed by atoms with van der Waals surface area (Å²) in [5, 5.41) is 11.7. The van der Waals surface area contributed by atoms with E-state index >= 15 is 0 Å². The fourth-order valence-corrected chi connectivity index (χ4v) is 2.17. The van der Waals surface area contributed by atoms with E-state index in [0.29, 0.717) is 0 Å². The maximum Gasteiger partial charge on any atom is 0.132 e. The summed E-state index contributed by atoms with van der Waals surface area (Å²) in [6, 6.07) is 0. The molecule has 1 aliphatic rings. The van der Waals surface area contributed by atoms with Gasteiger partial charge in [0.15, 0.2) is 0 Å². The van der Waals surface area contributed by atoms with Crippen LogP contribution in [0.15, 0.2) is 0 Å². The van der Waals surface area contributed by atoms with E-state index < -0.39 is 0 Å². The fraction of sp³-hybridized carbons (Fsp3) is 0.818. The zero-order valence-electron chi connectivity index (χ0n) is 9.66. The maximum atomic E-state index is 4.19. The lowest BCUT2D eigenvalue weighted by Gasteiger charge is -2.22. The van der Waals surface area contributed by atoms with Crippen molar-refractivity contribution in [3.05, 3.63) is 11.6 Å². The molecular weight excluding hydrogens is 188 g/mol. The largest absolute Gasteiger partial charge is 0.318 e. The molecule has 84 valence electrons. The zero-order valence-corrected chi connectivity index (χ0v) is 9.66. The molecule has 1 aromatic rings. The molecule has 0 saturated carbocycles. The quantitative estimate of drug-likeness (QED) is 0.807. The van der Waals surface area contributed by atoms with Gasteiger partial charge in [0.05, 0.1) is 0 Å². The van der Waals surface area contributed by atoms with Crippen LogP contribution >= 0.6 is 0 Å². The lowest BCUT2D eigenvalue weighted by molar-refractivity contribution is 0.355. The minimum atomic E-state index is 0.829. The highest BCUT2D eigenvalue weighted by Crippen LogP contribution is 2.16. The van der Waals surface area contributed by atoms with Gasteiger partial charge in [-0.1, -0.05) is 0 Å². The monoisotopic (exact) mass is 208 g/mol. The lowest BCUT2D eigenvalue weighted by Crippen LogP contribution is -2.30. The van der Waals surface area contributed by atoms with E-state index in [-0.39, 0.29) is 0 Å². The van der Waals surface area contributed by atoms with Crippen LogP contribution in [0.2, 0.25) is 0 Å². The van der Waals surface area contributed by atoms with Crippen LogP contribution in [0, 0.1) is 12.8 Å². The van der Waals surface area contributed by atoms with Gasteiger partial charge < -0.3 is 9.88 Å². The van der Waals surface area contributed by atoms with Gasteiger partial charge >= 0.3 is 0 Å². The molecule has 0 amide bonds. The molecule has 1 atom stereocenters. The summed E-state index contributed by atoms with van der Waals surface area (Å²) in [6.07, 6.45) is 4.98. The first-order valence-electron chi connectivity index (χ1n) is 5.83. The molecule has 0 aromatic carbocycles. The maximum absolute atomic E-state index is 4.19.